The Hall–Kier alpha value is -1.90. The highest BCUT2D eigenvalue weighted by atomic mass is 16.3. The number of anilines is 2. The van der Waals surface area contributed by atoms with Crippen molar-refractivity contribution in [1.29, 1.82) is 0 Å². The average molecular weight is 230 g/mol. The first kappa shape index (κ1) is 11.6. The predicted octanol–water partition coefficient (Wildman–Crippen LogP) is 3.12. The number of rotatable bonds is 3. The lowest BCUT2D eigenvalue weighted by Crippen LogP contribution is -2.17. The SMILES string of the molecule is Cc1ccc(CN(C)c2cc(N)ccc2C)o1. The van der Waals surface area contributed by atoms with E-state index in [9.17, 15) is 0 Å². The highest BCUT2D eigenvalue weighted by molar-refractivity contribution is 5.60. The Kier molecular flexibility index (Phi) is 3.09. The standard InChI is InChI=1S/C14H18N2O/c1-10-4-6-12(15)8-14(10)16(3)9-13-7-5-11(2)17-13/h4-8H,9,15H2,1-3H3. The summed E-state index contributed by atoms with van der Waals surface area (Å²) in [5.74, 6) is 1.91. The molecule has 0 saturated heterocycles. The van der Waals surface area contributed by atoms with Gasteiger partial charge in [0.15, 0.2) is 0 Å². The number of nitrogen functional groups attached to an aromatic ring is 1. The van der Waals surface area contributed by atoms with Crippen molar-refractivity contribution in [3.63, 3.8) is 0 Å². The van der Waals surface area contributed by atoms with Gasteiger partial charge in [0.1, 0.15) is 11.5 Å². The van der Waals surface area contributed by atoms with Crippen LogP contribution in [0.2, 0.25) is 0 Å². The fourth-order valence-electron chi connectivity index (χ4n) is 1.93. The summed E-state index contributed by atoms with van der Waals surface area (Å²) in [4.78, 5) is 2.14. The molecule has 2 rings (SSSR count). The normalized spacial score (nSPS) is 10.5. The van der Waals surface area contributed by atoms with Crippen LogP contribution in [0.25, 0.3) is 0 Å². The Balaban J connectivity index is 2.19. The van der Waals surface area contributed by atoms with Gasteiger partial charge in [-0.2, -0.15) is 0 Å². The molecular formula is C14H18N2O. The molecule has 2 N–H and O–H groups in total. The van der Waals surface area contributed by atoms with Gasteiger partial charge in [0.05, 0.1) is 6.54 Å². The Morgan fingerprint density at radius 1 is 1.18 bits per heavy atom. The van der Waals surface area contributed by atoms with Crippen molar-refractivity contribution >= 4 is 11.4 Å². The van der Waals surface area contributed by atoms with Gasteiger partial charge in [0.2, 0.25) is 0 Å². The molecule has 0 aliphatic rings. The van der Waals surface area contributed by atoms with Crippen LogP contribution in [0.5, 0.6) is 0 Å². The number of furan rings is 1. The summed E-state index contributed by atoms with van der Waals surface area (Å²) < 4.78 is 5.57. The first-order chi connectivity index (χ1) is 8.06. The van der Waals surface area contributed by atoms with Crippen LogP contribution < -0.4 is 10.6 Å². The van der Waals surface area contributed by atoms with Crippen LogP contribution in [0, 0.1) is 13.8 Å². The van der Waals surface area contributed by atoms with Crippen LogP contribution in [0.1, 0.15) is 17.1 Å². The largest absolute Gasteiger partial charge is 0.464 e. The minimum absolute atomic E-state index is 0.748. The molecule has 90 valence electrons. The molecule has 3 nitrogen and oxygen atoms in total. The maximum absolute atomic E-state index is 5.81. The quantitative estimate of drug-likeness (QED) is 0.824. The second-order valence-electron chi connectivity index (χ2n) is 4.41. The molecule has 17 heavy (non-hydrogen) atoms. The lowest BCUT2D eigenvalue weighted by molar-refractivity contribution is 0.481. The van der Waals surface area contributed by atoms with E-state index >= 15 is 0 Å². The van der Waals surface area contributed by atoms with E-state index in [-0.39, 0.29) is 0 Å². The number of benzene rings is 1. The summed E-state index contributed by atoms with van der Waals surface area (Å²) in [6.45, 7) is 4.78. The van der Waals surface area contributed by atoms with E-state index in [2.05, 4.69) is 11.8 Å². The molecule has 0 spiro atoms. The molecule has 1 heterocycles. The molecule has 0 saturated carbocycles. The average Bonchev–Trinajstić information content (AvgIpc) is 2.67. The molecule has 0 aliphatic heterocycles. The van der Waals surface area contributed by atoms with Crippen molar-refractivity contribution in [3.05, 3.63) is 47.4 Å². The molecule has 0 aliphatic carbocycles. The second kappa shape index (κ2) is 4.53. The fraction of sp³-hybridized carbons (Fsp3) is 0.286. The van der Waals surface area contributed by atoms with E-state index in [1.54, 1.807) is 0 Å². The van der Waals surface area contributed by atoms with Gasteiger partial charge in [0, 0.05) is 18.4 Å². The Labute approximate surface area is 102 Å². The van der Waals surface area contributed by atoms with Gasteiger partial charge in [-0.15, -0.1) is 0 Å². The van der Waals surface area contributed by atoms with Crippen LogP contribution in [0.15, 0.2) is 34.7 Å². The zero-order chi connectivity index (χ0) is 12.4. The molecule has 0 radical (unpaired) electrons. The van der Waals surface area contributed by atoms with Gasteiger partial charge >= 0.3 is 0 Å². The van der Waals surface area contributed by atoms with Gasteiger partial charge in [-0.05, 0) is 43.7 Å². The maximum atomic E-state index is 5.81. The summed E-state index contributed by atoms with van der Waals surface area (Å²) in [6.07, 6.45) is 0. The lowest BCUT2D eigenvalue weighted by atomic mass is 10.1. The summed E-state index contributed by atoms with van der Waals surface area (Å²) >= 11 is 0. The van der Waals surface area contributed by atoms with Crippen LogP contribution in [0.4, 0.5) is 11.4 Å². The molecule has 3 heteroatoms. The fourth-order valence-corrected chi connectivity index (χ4v) is 1.93. The Morgan fingerprint density at radius 3 is 2.59 bits per heavy atom. The predicted molar refractivity (Wildman–Crippen MR) is 71.1 cm³/mol. The number of nitrogens with zero attached hydrogens (tertiary/aromatic N) is 1. The third kappa shape index (κ3) is 2.61. The lowest BCUT2D eigenvalue weighted by Gasteiger charge is -2.20. The minimum atomic E-state index is 0.748. The van der Waals surface area contributed by atoms with Crippen molar-refractivity contribution < 1.29 is 4.42 Å². The molecule has 1 aromatic carbocycles. The third-order valence-corrected chi connectivity index (χ3v) is 2.83. The molecular weight excluding hydrogens is 212 g/mol. The first-order valence-electron chi connectivity index (χ1n) is 5.69. The van der Waals surface area contributed by atoms with Gasteiger partial charge < -0.3 is 15.1 Å². The molecule has 0 unspecified atom stereocenters. The minimum Gasteiger partial charge on any atom is -0.464 e. The third-order valence-electron chi connectivity index (χ3n) is 2.83. The number of nitrogens with two attached hydrogens (primary N) is 1. The molecule has 1 aromatic heterocycles. The van der Waals surface area contributed by atoms with E-state index in [1.165, 1.54) is 5.56 Å². The van der Waals surface area contributed by atoms with Crippen LogP contribution in [-0.4, -0.2) is 7.05 Å². The number of hydrogen-bond donors (Lipinski definition) is 1. The summed E-state index contributed by atoms with van der Waals surface area (Å²) in [7, 11) is 2.04. The highest BCUT2D eigenvalue weighted by Crippen LogP contribution is 2.23. The maximum Gasteiger partial charge on any atom is 0.123 e. The van der Waals surface area contributed by atoms with Gasteiger partial charge in [-0.3, -0.25) is 0 Å². The van der Waals surface area contributed by atoms with Crippen LogP contribution in [-0.2, 0) is 6.54 Å². The van der Waals surface area contributed by atoms with Crippen molar-refractivity contribution in [3.8, 4) is 0 Å². The summed E-state index contributed by atoms with van der Waals surface area (Å²) in [5.41, 5.74) is 8.95. The van der Waals surface area contributed by atoms with Crippen molar-refractivity contribution in [2.24, 2.45) is 0 Å². The van der Waals surface area contributed by atoms with Gasteiger partial charge in [-0.25, -0.2) is 0 Å². The van der Waals surface area contributed by atoms with Gasteiger partial charge in [-0.1, -0.05) is 6.07 Å². The molecule has 0 atom stereocenters. The topological polar surface area (TPSA) is 42.4 Å². The number of hydrogen-bond acceptors (Lipinski definition) is 3. The first-order valence-corrected chi connectivity index (χ1v) is 5.69. The molecule has 2 aromatic rings. The zero-order valence-electron chi connectivity index (χ0n) is 10.5. The summed E-state index contributed by atoms with van der Waals surface area (Å²) in [5, 5.41) is 0. The monoisotopic (exact) mass is 230 g/mol. The smallest absolute Gasteiger partial charge is 0.123 e. The van der Waals surface area contributed by atoms with Crippen molar-refractivity contribution in [2.75, 3.05) is 17.7 Å². The van der Waals surface area contributed by atoms with E-state index in [0.717, 1.165) is 29.4 Å². The van der Waals surface area contributed by atoms with E-state index in [1.807, 2.05) is 44.3 Å². The highest BCUT2D eigenvalue weighted by Gasteiger charge is 2.08. The van der Waals surface area contributed by atoms with Crippen molar-refractivity contribution in [2.45, 2.75) is 20.4 Å². The van der Waals surface area contributed by atoms with Crippen LogP contribution in [0.3, 0.4) is 0 Å². The number of aryl methyl sites for hydroxylation is 2. The van der Waals surface area contributed by atoms with E-state index in [4.69, 9.17) is 10.2 Å². The van der Waals surface area contributed by atoms with E-state index in [0.29, 0.717) is 0 Å². The Bertz CT molecular complexity index is 517. The molecule has 0 fully saturated rings. The van der Waals surface area contributed by atoms with Gasteiger partial charge in [0.25, 0.3) is 0 Å². The zero-order valence-corrected chi connectivity index (χ0v) is 10.5. The molecule has 0 bridgehead atoms. The molecule has 0 amide bonds. The van der Waals surface area contributed by atoms with E-state index < -0.39 is 0 Å². The van der Waals surface area contributed by atoms with Crippen LogP contribution >= 0.6 is 0 Å². The van der Waals surface area contributed by atoms with Crippen molar-refractivity contribution in [1.82, 2.24) is 0 Å². The second-order valence-corrected chi connectivity index (χ2v) is 4.41. The Morgan fingerprint density at radius 2 is 1.94 bits per heavy atom. The summed E-state index contributed by atoms with van der Waals surface area (Å²) in [6, 6.07) is 9.94.